The Morgan fingerprint density at radius 2 is 2.50 bits per heavy atom. The van der Waals surface area contributed by atoms with Crippen LogP contribution in [0, 0.1) is 0 Å². The van der Waals surface area contributed by atoms with Gasteiger partial charge in [-0.15, -0.1) is 0 Å². The molecule has 0 heterocycles. The Hall–Kier alpha value is -0.640. The molecule has 0 fully saturated rings. The lowest BCUT2D eigenvalue weighted by atomic mass is 10.7. The van der Waals surface area contributed by atoms with E-state index in [1.807, 2.05) is 0 Å². The van der Waals surface area contributed by atoms with E-state index in [2.05, 4.69) is 5.73 Å². The maximum Gasteiger partial charge on any atom is 0.353 e. The number of carboxylic acid groups (broad SMARTS) is 1. The van der Waals surface area contributed by atoms with Crippen molar-refractivity contribution in [3.05, 3.63) is 0 Å². The number of aliphatic carboxylic acids is 1. The van der Waals surface area contributed by atoms with E-state index >= 15 is 0 Å². The number of halogens is 1. The van der Waals surface area contributed by atoms with Crippen molar-refractivity contribution in [2.24, 2.45) is 5.73 Å². The average Bonchev–Trinajstić information content (AvgIpc) is 1.31. The number of carbonyl (C=O) groups is 1. The van der Waals surface area contributed by atoms with E-state index in [0.717, 1.165) is 0 Å². The normalized spacial score (nSPS) is 21.3. The number of hydrogen-bond donors (Lipinski definition) is 2. The Kier molecular flexibility index (Phi) is 1.01. The van der Waals surface area contributed by atoms with Crippen LogP contribution in [-0.4, -0.2) is 17.3 Å². The molecule has 36 valence electrons. The smallest absolute Gasteiger partial charge is 0.353 e. The van der Waals surface area contributed by atoms with Crippen LogP contribution in [0.25, 0.3) is 0 Å². The van der Waals surface area contributed by atoms with Crippen molar-refractivity contribution >= 4 is 5.97 Å². The van der Waals surface area contributed by atoms with Gasteiger partial charge in [-0.25, -0.2) is 9.18 Å². The van der Waals surface area contributed by atoms with E-state index in [1.165, 1.54) is 0 Å². The average molecular weight is 94.1 g/mol. The van der Waals surface area contributed by atoms with Crippen LogP contribution in [0.3, 0.4) is 0 Å². The Bertz CT molecular complexity index is 88.2. The third kappa shape index (κ3) is 1.66. The van der Waals surface area contributed by atoms with Crippen molar-refractivity contribution in [3.63, 3.8) is 0 Å². The van der Waals surface area contributed by atoms with Crippen molar-refractivity contribution in [1.82, 2.24) is 0 Å². The third-order valence-corrected chi connectivity index (χ3v) is 0.204. The van der Waals surface area contributed by atoms with Gasteiger partial charge in [0.2, 0.25) is 6.27 Å². The zero-order valence-corrected chi connectivity index (χ0v) is 2.81. The summed E-state index contributed by atoms with van der Waals surface area (Å²) in [5.74, 6) is -1.98. The highest BCUT2D eigenvalue weighted by Gasteiger charge is 2.05. The Labute approximate surface area is 35.0 Å². The van der Waals surface area contributed by atoms with Gasteiger partial charge < -0.3 is 5.11 Å². The van der Waals surface area contributed by atoms with E-state index in [0.29, 0.717) is 0 Å². The molecule has 6 heavy (non-hydrogen) atoms. The second-order valence-corrected chi connectivity index (χ2v) is 0.653. The lowest BCUT2D eigenvalue weighted by molar-refractivity contribution is -0.142. The number of rotatable bonds is 1. The molecule has 0 spiro atoms. The van der Waals surface area contributed by atoms with Gasteiger partial charge in [-0.1, -0.05) is 0 Å². The summed E-state index contributed by atoms with van der Waals surface area (Å²) in [7, 11) is 0. The SMILES string of the molecule is [2H]C(N)(F)C(=O)O. The molecular weight excluding hydrogens is 89.0 g/mol. The molecule has 0 aromatic heterocycles. The minimum atomic E-state index is -3.33. The fraction of sp³-hybridized carbons (Fsp3) is 0.500. The predicted octanol–water partition coefficient (Wildman–Crippen LogP) is -0.675. The Balaban J connectivity index is 3.79. The molecule has 4 heteroatoms. The highest BCUT2D eigenvalue weighted by molar-refractivity contribution is 5.71. The van der Waals surface area contributed by atoms with Crippen molar-refractivity contribution in [2.75, 3.05) is 0 Å². The van der Waals surface area contributed by atoms with E-state index in [1.54, 1.807) is 0 Å². The zero-order chi connectivity index (χ0) is 6.08. The van der Waals surface area contributed by atoms with Crippen molar-refractivity contribution in [3.8, 4) is 0 Å². The van der Waals surface area contributed by atoms with E-state index < -0.39 is 12.2 Å². The molecule has 0 bridgehead atoms. The van der Waals surface area contributed by atoms with Crippen LogP contribution < -0.4 is 5.73 Å². The molecule has 1 unspecified atom stereocenters. The minimum absolute atomic E-state index is 1.98. The summed E-state index contributed by atoms with van der Waals surface area (Å²) in [6.07, 6.45) is -3.33. The highest BCUT2D eigenvalue weighted by Crippen LogP contribution is 1.73. The van der Waals surface area contributed by atoms with Gasteiger partial charge in [0.15, 0.2) is 0 Å². The van der Waals surface area contributed by atoms with Gasteiger partial charge in [0, 0.05) is 0 Å². The number of alkyl halides is 1. The van der Waals surface area contributed by atoms with Gasteiger partial charge in [-0.3, -0.25) is 5.73 Å². The Morgan fingerprint density at radius 3 is 2.50 bits per heavy atom. The van der Waals surface area contributed by atoms with Crippen molar-refractivity contribution in [2.45, 2.75) is 6.27 Å². The van der Waals surface area contributed by atoms with E-state index in [4.69, 9.17) is 6.48 Å². The number of hydrogen-bond acceptors (Lipinski definition) is 2. The summed E-state index contributed by atoms with van der Waals surface area (Å²) in [5, 5.41) is 7.56. The first kappa shape index (κ1) is 3.55. The quantitative estimate of drug-likeness (QED) is 0.423. The molecule has 0 aliphatic carbocycles. The highest BCUT2D eigenvalue weighted by atomic mass is 19.1. The molecule has 0 rings (SSSR count). The Morgan fingerprint density at radius 1 is 2.33 bits per heavy atom. The number of carboxylic acids is 1. The van der Waals surface area contributed by atoms with E-state index in [-0.39, 0.29) is 0 Å². The molecule has 0 aliphatic rings. The van der Waals surface area contributed by atoms with Crippen LogP contribution in [0.5, 0.6) is 0 Å². The fourth-order valence-corrected chi connectivity index (χ4v) is 0. The summed E-state index contributed by atoms with van der Waals surface area (Å²) in [6.45, 7) is 0. The molecule has 0 saturated heterocycles. The summed E-state index contributed by atoms with van der Waals surface area (Å²) < 4.78 is 17.3. The van der Waals surface area contributed by atoms with Crippen LogP contribution in [0.2, 0.25) is 0 Å². The first-order valence-corrected chi connectivity index (χ1v) is 1.16. The first-order valence-electron chi connectivity index (χ1n) is 1.66. The monoisotopic (exact) mass is 94.0 g/mol. The second-order valence-electron chi connectivity index (χ2n) is 0.653. The molecule has 0 aromatic rings. The van der Waals surface area contributed by atoms with E-state index in [9.17, 15) is 9.18 Å². The molecule has 3 nitrogen and oxygen atoms in total. The zero-order valence-electron chi connectivity index (χ0n) is 3.81. The van der Waals surface area contributed by atoms with Crippen LogP contribution in [0.1, 0.15) is 1.37 Å². The molecule has 0 saturated carbocycles. The molecule has 0 amide bonds. The molecule has 0 radical (unpaired) electrons. The van der Waals surface area contributed by atoms with Crippen LogP contribution in [0.4, 0.5) is 4.39 Å². The molecule has 1 atom stereocenters. The van der Waals surface area contributed by atoms with Crippen LogP contribution in [0.15, 0.2) is 0 Å². The second kappa shape index (κ2) is 1.71. The fourth-order valence-electron chi connectivity index (χ4n) is 0. The standard InChI is InChI=1S/C2H4FNO2/c3-1(4)2(5)6/h1H,4H2,(H,5,6)/i1D. The summed E-state index contributed by atoms with van der Waals surface area (Å²) >= 11 is 0. The molecule has 3 N–H and O–H groups in total. The van der Waals surface area contributed by atoms with Gasteiger partial charge in [-0.2, -0.15) is 0 Å². The maximum atomic E-state index is 11.4. The first-order chi connectivity index (χ1) is 2.94. The van der Waals surface area contributed by atoms with Gasteiger partial charge in [0.25, 0.3) is 0 Å². The number of nitrogens with two attached hydrogens (primary N) is 1. The topological polar surface area (TPSA) is 63.3 Å². The van der Waals surface area contributed by atoms with Gasteiger partial charge in [-0.05, 0) is 0 Å². The minimum Gasteiger partial charge on any atom is -0.478 e. The summed E-state index contributed by atoms with van der Waals surface area (Å²) in [5.41, 5.74) is 4.08. The summed E-state index contributed by atoms with van der Waals surface area (Å²) in [6, 6.07) is 0. The lowest BCUT2D eigenvalue weighted by Gasteiger charge is -1.86. The maximum absolute atomic E-state index is 11.4. The molecule has 0 aromatic carbocycles. The van der Waals surface area contributed by atoms with Crippen LogP contribution in [-0.2, 0) is 4.79 Å². The third-order valence-electron chi connectivity index (χ3n) is 0.204. The summed E-state index contributed by atoms with van der Waals surface area (Å²) in [4.78, 5) is 9.33. The van der Waals surface area contributed by atoms with Crippen molar-refractivity contribution < 1.29 is 15.7 Å². The predicted molar refractivity (Wildman–Crippen MR) is 16.7 cm³/mol. The van der Waals surface area contributed by atoms with Crippen molar-refractivity contribution in [1.29, 1.82) is 0 Å². The molecular formula is C2H4FNO2. The van der Waals surface area contributed by atoms with Gasteiger partial charge in [0.1, 0.15) is 0 Å². The van der Waals surface area contributed by atoms with Gasteiger partial charge >= 0.3 is 5.97 Å². The lowest BCUT2D eigenvalue weighted by Crippen LogP contribution is -2.23. The van der Waals surface area contributed by atoms with Gasteiger partial charge in [0.05, 0.1) is 1.37 Å². The largest absolute Gasteiger partial charge is 0.478 e. The van der Waals surface area contributed by atoms with Crippen LogP contribution >= 0.6 is 0 Å². The molecule has 0 aliphatic heterocycles.